The van der Waals surface area contributed by atoms with Crippen LogP contribution < -0.4 is 0 Å². The maximum atomic E-state index is 9.85. The van der Waals surface area contributed by atoms with E-state index < -0.39 is 6.29 Å². The van der Waals surface area contributed by atoms with Crippen LogP contribution >= 0.6 is 0 Å². The Labute approximate surface area is 115 Å². The van der Waals surface area contributed by atoms with E-state index in [1.165, 1.54) is 19.3 Å². The molecule has 0 saturated carbocycles. The Bertz CT molecular complexity index is 352. The summed E-state index contributed by atoms with van der Waals surface area (Å²) in [5, 5.41) is 9.85. The molecule has 0 unspecified atom stereocenters. The molecule has 0 spiro atoms. The minimum Gasteiger partial charge on any atom is -0.368 e. The Morgan fingerprint density at radius 2 is 2.05 bits per heavy atom. The fraction of sp³-hybridized carbons (Fsp3) is 0.625. The van der Waals surface area contributed by atoms with Crippen molar-refractivity contribution in [2.45, 2.75) is 64.1 Å². The molecule has 0 aliphatic carbocycles. The summed E-state index contributed by atoms with van der Waals surface area (Å²) in [5.41, 5.74) is 1.13. The third-order valence-electron chi connectivity index (χ3n) is 3.58. The SMILES string of the molecule is CCCCC[C@@H]1C[C@@H](OCc2ccccc2)[C@@H](O)O1. The zero-order valence-electron chi connectivity index (χ0n) is 11.6. The second-order valence-corrected chi connectivity index (χ2v) is 5.22. The molecule has 1 saturated heterocycles. The van der Waals surface area contributed by atoms with E-state index in [-0.39, 0.29) is 12.2 Å². The molecule has 106 valence electrons. The van der Waals surface area contributed by atoms with Crippen LogP contribution in [0.25, 0.3) is 0 Å². The normalized spacial score (nSPS) is 26.7. The molecule has 19 heavy (non-hydrogen) atoms. The quantitative estimate of drug-likeness (QED) is 0.768. The lowest BCUT2D eigenvalue weighted by Crippen LogP contribution is -2.23. The van der Waals surface area contributed by atoms with Gasteiger partial charge in [0.2, 0.25) is 0 Å². The van der Waals surface area contributed by atoms with Crippen molar-refractivity contribution >= 4 is 0 Å². The molecule has 1 aliphatic rings. The van der Waals surface area contributed by atoms with Gasteiger partial charge in [-0.25, -0.2) is 0 Å². The predicted octanol–water partition coefficient (Wildman–Crippen LogP) is 3.26. The van der Waals surface area contributed by atoms with Crippen LogP contribution in [0.15, 0.2) is 30.3 Å². The Balaban J connectivity index is 1.72. The van der Waals surface area contributed by atoms with Crippen LogP contribution in [0.4, 0.5) is 0 Å². The molecule has 1 N–H and O–H groups in total. The smallest absolute Gasteiger partial charge is 0.181 e. The molecule has 0 aromatic heterocycles. The Hall–Kier alpha value is -0.900. The maximum absolute atomic E-state index is 9.85. The molecule has 1 aliphatic heterocycles. The molecule has 0 bridgehead atoms. The van der Waals surface area contributed by atoms with Crippen LogP contribution in [-0.2, 0) is 16.1 Å². The summed E-state index contributed by atoms with van der Waals surface area (Å²) in [6.07, 6.45) is 4.63. The molecule has 1 fully saturated rings. The molecule has 3 heteroatoms. The van der Waals surface area contributed by atoms with Gasteiger partial charge < -0.3 is 14.6 Å². The Kier molecular flexibility index (Phi) is 5.83. The molecule has 2 rings (SSSR count). The first kappa shape index (κ1) is 14.5. The van der Waals surface area contributed by atoms with E-state index in [0.29, 0.717) is 6.61 Å². The largest absolute Gasteiger partial charge is 0.368 e. The number of unbranched alkanes of at least 4 members (excludes halogenated alkanes) is 2. The van der Waals surface area contributed by atoms with Crippen molar-refractivity contribution in [1.29, 1.82) is 0 Å². The van der Waals surface area contributed by atoms with E-state index in [2.05, 4.69) is 6.92 Å². The number of benzene rings is 1. The average Bonchev–Trinajstić information content (AvgIpc) is 2.78. The van der Waals surface area contributed by atoms with Gasteiger partial charge in [0.05, 0.1) is 12.7 Å². The summed E-state index contributed by atoms with van der Waals surface area (Å²) >= 11 is 0. The zero-order chi connectivity index (χ0) is 13.5. The second kappa shape index (κ2) is 7.63. The standard InChI is InChI=1S/C16H24O3/c1-2-3-5-10-14-11-15(16(17)19-14)18-12-13-8-6-4-7-9-13/h4,6-9,14-17H,2-3,5,10-12H2,1H3/t14-,15-,16+/m1/s1. The molecule has 0 amide bonds. The summed E-state index contributed by atoms with van der Waals surface area (Å²) in [4.78, 5) is 0. The lowest BCUT2D eigenvalue weighted by molar-refractivity contribution is -0.145. The number of hydrogen-bond donors (Lipinski definition) is 1. The highest BCUT2D eigenvalue weighted by atomic mass is 16.6. The van der Waals surface area contributed by atoms with Crippen molar-refractivity contribution in [2.75, 3.05) is 0 Å². The number of rotatable bonds is 7. The number of aliphatic hydroxyl groups is 1. The summed E-state index contributed by atoms with van der Waals surface area (Å²) in [6.45, 7) is 2.73. The first-order valence-corrected chi connectivity index (χ1v) is 7.28. The highest BCUT2D eigenvalue weighted by Crippen LogP contribution is 2.26. The first-order chi connectivity index (χ1) is 9.29. The summed E-state index contributed by atoms with van der Waals surface area (Å²) in [5.74, 6) is 0. The maximum Gasteiger partial charge on any atom is 0.181 e. The van der Waals surface area contributed by atoms with Crippen molar-refractivity contribution < 1.29 is 14.6 Å². The fourth-order valence-corrected chi connectivity index (χ4v) is 2.45. The number of ether oxygens (including phenoxy) is 2. The van der Waals surface area contributed by atoms with Gasteiger partial charge in [0.1, 0.15) is 6.10 Å². The van der Waals surface area contributed by atoms with Gasteiger partial charge in [-0.1, -0.05) is 56.5 Å². The fourth-order valence-electron chi connectivity index (χ4n) is 2.45. The monoisotopic (exact) mass is 264 g/mol. The van der Waals surface area contributed by atoms with Crippen LogP contribution in [0.2, 0.25) is 0 Å². The van der Waals surface area contributed by atoms with Gasteiger partial charge in [-0.2, -0.15) is 0 Å². The third kappa shape index (κ3) is 4.60. The van der Waals surface area contributed by atoms with Crippen molar-refractivity contribution in [2.24, 2.45) is 0 Å². The van der Waals surface area contributed by atoms with Crippen LogP contribution in [0.3, 0.4) is 0 Å². The Morgan fingerprint density at radius 1 is 1.26 bits per heavy atom. The van der Waals surface area contributed by atoms with Crippen molar-refractivity contribution in [3.05, 3.63) is 35.9 Å². The van der Waals surface area contributed by atoms with Gasteiger partial charge in [0.25, 0.3) is 0 Å². The highest BCUT2D eigenvalue weighted by molar-refractivity contribution is 5.13. The van der Waals surface area contributed by atoms with Crippen molar-refractivity contribution in [1.82, 2.24) is 0 Å². The lowest BCUT2D eigenvalue weighted by atomic mass is 10.1. The van der Waals surface area contributed by atoms with E-state index in [0.717, 1.165) is 18.4 Å². The van der Waals surface area contributed by atoms with E-state index in [1.54, 1.807) is 0 Å². The second-order valence-electron chi connectivity index (χ2n) is 5.22. The predicted molar refractivity (Wildman–Crippen MR) is 74.7 cm³/mol. The molecule has 0 radical (unpaired) electrons. The molecule has 1 aromatic rings. The summed E-state index contributed by atoms with van der Waals surface area (Å²) < 4.78 is 11.3. The van der Waals surface area contributed by atoms with E-state index in [1.807, 2.05) is 30.3 Å². The third-order valence-corrected chi connectivity index (χ3v) is 3.58. The van der Waals surface area contributed by atoms with E-state index in [4.69, 9.17) is 9.47 Å². The van der Waals surface area contributed by atoms with Crippen LogP contribution in [0, 0.1) is 0 Å². The van der Waals surface area contributed by atoms with E-state index in [9.17, 15) is 5.11 Å². The zero-order valence-corrected chi connectivity index (χ0v) is 11.6. The molecule has 3 nitrogen and oxygen atoms in total. The summed E-state index contributed by atoms with van der Waals surface area (Å²) in [7, 11) is 0. The number of aliphatic hydroxyl groups excluding tert-OH is 1. The van der Waals surface area contributed by atoms with Gasteiger partial charge >= 0.3 is 0 Å². The molecule has 1 aromatic carbocycles. The van der Waals surface area contributed by atoms with Gasteiger partial charge in [-0.05, 0) is 12.0 Å². The van der Waals surface area contributed by atoms with Crippen LogP contribution in [0.1, 0.15) is 44.6 Å². The summed E-state index contributed by atoms with van der Waals surface area (Å²) in [6, 6.07) is 10.0. The first-order valence-electron chi connectivity index (χ1n) is 7.28. The lowest BCUT2D eigenvalue weighted by Gasteiger charge is -2.13. The van der Waals surface area contributed by atoms with Gasteiger partial charge in [-0.15, -0.1) is 0 Å². The molecular formula is C16H24O3. The van der Waals surface area contributed by atoms with Crippen LogP contribution in [-0.4, -0.2) is 23.6 Å². The number of hydrogen-bond acceptors (Lipinski definition) is 3. The topological polar surface area (TPSA) is 38.7 Å². The van der Waals surface area contributed by atoms with Gasteiger partial charge in [-0.3, -0.25) is 0 Å². The molecular weight excluding hydrogens is 240 g/mol. The van der Waals surface area contributed by atoms with Crippen LogP contribution in [0.5, 0.6) is 0 Å². The minimum absolute atomic E-state index is 0.155. The Morgan fingerprint density at radius 3 is 2.79 bits per heavy atom. The van der Waals surface area contributed by atoms with E-state index >= 15 is 0 Å². The van der Waals surface area contributed by atoms with Gasteiger partial charge in [0, 0.05) is 6.42 Å². The minimum atomic E-state index is -0.768. The highest BCUT2D eigenvalue weighted by Gasteiger charge is 2.34. The average molecular weight is 264 g/mol. The van der Waals surface area contributed by atoms with Crippen molar-refractivity contribution in [3.8, 4) is 0 Å². The molecule has 3 atom stereocenters. The molecule has 1 heterocycles. The van der Waals surface area contributed by atoms with Crippen molar-refractivity contribution in [3.63, 3.8) is 0 Å². The van der Waals surface area contributed by atoms with Gasteiger partial charge in [0.15, 0.2) is 6.29 Å².